The molecular weight excluding hydrogens is 410 g/mol. The van der Waals surface area contributed by atoms with Gasteiger partial charge in [0, 0.05) is 18.6 Å². The number of aliphatic carboxylic acids is 1. The third-order valence-electron chi connectivity index (χ3n) is 6.33. The Morgan fingerprint density at radius 1 is 0.848 bits per heavy atom. The molecule has 0 amide bonds. The zero-order valence-corrected chi connectivity index (χ0v) is 21.9. The summed E-state index contributed by atoms with van der Waals surface area (Å²) in [7, 11) is 0. The molecule has 192 valence electrons. The number of rotatable bonds is 19. The fourth-order valence-corrected chi connectivity index (χ4v) is 4.08. The van der Waals surface area contributed by atoms with E-state index in [2.05, 4.69) is 51.1 Å². The van der Waals surface area contributed by atoms with Crippen LogP contribution in [0, 0.1) is 5.92 Å². The molecule has 4 heteroatoms. The summed E-state index contributed by atoms with van der Waals surface area (Å²) < 4.78 is 0. The summed E-state index contributed by atoms with van der Waals surface area (Å²) in [5.41, 5.74) is 7.78. The zero-order valence-electron chi connectivity index (χ0n) is 21.9. The van der Waals surface area contributed by atoms with Gasteiger partial charge in [0.25, 0.3) is 0 Å². The lowest BCUT2D eigenvalue weighted by Gasteiger charge is -2.31. The van der Waals surface area contributed by atoms with Crippen molar-refractivity contribution in [2.75, 3.05) is 6.61 Å². The summed E-state index contributed by atoms with van der Waals surface area (Å²) in [6.45, 7) is 6.83. The molecule has 1 aromatic rings. The van der Waals surface area contributed by atoms with Crippen molar-refractivity contribution in [2.24, 2.45) is 11.7 Å². The highest BCUT2D eigenvalue weighted by Crippen LogP contribution is 2.25. The Kier molecular flexibility index (Phi) is 20.3. The molecule has 0 saturated carbocycles. The standard InChI is InChI=1S/C23H41N.C6H12O3/c1-4-5-6-7-8-9-10-11-12-16-19-22(23(2,3)24)20-21-17-14-13-15-18-21;7-5-3-1-2-4-6(8)9/h13-15,17-18,22H,4-12,16,19-20,24H2,1-3H3;7H,1-5H2,(H,8,9). The van der Waals surface area contributed by atoms with Gasteiger partial charge in [0.2, 0.25) is 0 Å². The lowest BCUT2D eigenvalue weighted by atomic mass is 9.80. The highest BCUT2D eigenvalue weighted by molar-refractivity contribution is 5.66. The molecule has 0 radical (unpaired) electrons. The maximum absolute atomic E-state index is 9.90. The van der Waals surface area contributed by atoms with Crippen molar-refractivity contribution in [2.45, 2.75) is 129 Å². The highest BCUT2D eigenvalue weighted by Gasteiger charge is 2.24. The van der Waals surface area contributed by atoms with Crippen LogP contribution in [0.5, 0.6) is 0 Å². The molecule has 4 N–H and O–H groups in total. The summed E-state index contributed by atoms with van der Waals surface area (Å²) in [6, 6.07) is 10.8. The minimum atomic E-state index is -0.757. The molecule has 0 aliphatic carbocycles. The summed E-state index contributed by atoms with van der Waals surface area (Å²) in [5, 5.41) is 16.4. The van der Waals surface area contributed by atoms with E-state index in [0.29, 0.717) is 18.8 Å². The predicted molar refractivity (Wildman–Crippen MR) is 142 cm³/mol. The molecule has 1 aromatic carbocycles. The largest absolute Gasteiger partial charge is 0.481 e. The second kappa shape index (κ2) is 21.2. The molecule has 0 heterocycles. The first kappa shape index (κ1) is 31.6. The van der Waals surface area contributed by atoms with Crippen molar-refractivity contribution in [3.05, 3.63) is 35.9 Å². The zero-order chi connectivity index (χ0) is 24.8. The number of unbranched alkanes of at least 4 members (excludes halogenated alkanes) is 11. The van der Waals surface area contributed by atoms with Crippen molar-refractivity contribution in [3.8, 4) is 0 Å². The lowest BCUT2D eigenvalue weighted by Crippen LogP contribution is -2.42. The van der Waals surface area contributed by atoms with Crippen molar-refractivity contribution in [1.82, 2.24) is 0 Å². The molecule has 0 aromatic heterocycles. The Balaban J connectivity index is 0.000000960. The van der Waals surface area contributed by atoms with Crippen LogP contribution in [-0.2, 0) is 11.2 Å². The molecule has 0 spiro atoms. The van der Waals surface area contributed by atoms with E-state index in [4.69, 9.17) is 15.9 Å². The quantitative estimate of drug-likeness (QED) is 0.185. The third-order valence-corrected chi connectivity index (χ3v) is 6.33. The second-order valence-electron chi connectivity index (χ2n) is 10.1. The van der Waals surface area contributed by atoms with Gasteiger partial charge in [-0.1, -0.05) is 108 Å². The molecule has 0 aliphatic heterocycles. The number of benzene rings is 1. The monoisotopic (exact) mass is 463 g/mol. The number of aliphatic hydroxyl groups is 1. The average molecular weight is 464 g/mol. The smallest absolute Gasteiger partial charge is 0.303 e. The van der Waals surface area contributed by atoms with E-state index in [1.807, 2.05) is 0 Å². The summed E-state index contributed by atoms with van der Waals surface area (Å²) in [4.78, 5) is 9.90. The minimum absolute atomic E-state index is 0.0882. The second-order valence-corrected chi connectivity index (χ2v) is 10.1. The Morgan fingerprint density at radius 3 is 1.85 bits per heavy atom. The number of carbonyl (C=O) groups is 1. The molecule has 1 rings (SSSR count). The number of hydrogen-bond donors (Lipinski definition) is 3. The van der Waals surface area contributed by atoms with Crippen LogP contribution in [0.1, 0.15) is 123 Å². The number of aliphatic hydroxyl groups excluding tert-OH is 1. The molecule has 0 saturated heterocycles. The molecule has 4 nitrogen and oxygen atoms in total. The van der Waals surface area contributed by atoms with Gasteiger partial charge in [-0.2, -0.15) is 0 Å². The SMILES string of the molecule is CCCCCCCCCCCCC(Cc1ccccc1)C(C)(C)N.O=C(O)CCCCCO. The van der Waals surface area contributed by atoms with E-state index in [9.17, 15) is 4.79 Å². The number of nitrogens with two attached hydrogens (primary N) is 1. The number of carboxylic acids is 1. The molecule has 0 aliphatic rings. The van der Waals surface area contributed by atoms with Gasteiger partial charge in [0.1, 0.15) is 0 Å². The Labute approximate surface area is 204 Å². The normalized spacial score (nSPS) is 12.2. The first-order valence-corrected chi connectivity index (χ1v) is 13.5. The topological polar surface area (TPSA) is 83.6 Å². The van der Waals surface area contributed by atoms with E-state index >= 15 is 0 Å². The van der Waals surface area contributed by atoms with Gasteiger partial charge in [-0.3, -0.25) is 4.79 Å². The van der Waals surface area contributed by atoms with Crippen LogP contribution in [0.4, 0.5) is 0 Å². The van der Waals surface area contributed by atoms with Gasteiger partial charge in [-0.25, -0.2) is 0 Å². The van der Waals surface area contributed by atoms with Gasteiger partial charge in [0.05, 0.1) is 0 Å². The van der Waals surface area contributed by atoms with Crippen LogP contribution in [0.25, 0.3) is 0 Å². The van der Waals surface area contributed by atoms with Crippen LogP contribution in [0.15, 0.2) is 30.3 Å². The van der Waals surface area contributed by atoms with E-state index < -0.39 is 5.97 Å². The summed E-state index contributed by atoms with van der Waals surface area (Å²) in [6.07, 6.45) is 18.8. The lowest BCUT2D eigenvalue weighted by molar-refractivity contribution is -0.137. The molecular formula is C29H53NO3. The minimum Gasteiger partial charge on any atom is -0.481 e. The number of carboxylic acid groups (broad SMARTS) is 1. The van der Waals surface area contributed by atoms with Crippen molar-refractivity contribution in [1.29, 1.82) is 0 Å². The van der Waals surface area contributed by atoms with Gasteiger partial charge in [-0.15, -0.1) is 0 Å². The van der Waals surface area contributed by atoms with E-state index in [0.717, 1.165) is 12.8 Å². The molecule has 1 unspecified atom stereocenters. The Bertz CT molecular complexity index is 554. The van der Waals surface area contributed by atoms with Crippen LogP contribution in [-0.4, -0.2) is 28.3 Å². The van der Waals surface area contributed by atoms with Crippen LogP contribution in [0.2, 0.25) is 0 Å². The maximum atomic E-state index is 9.90. The van der Waals surface area contributed by atoms with Crippen LogP contribution >= 0.6 is 0 Å². The summed E-state index contributed by atoms with van der Waals surface area (Å²) in [5.74, 6) is -0.179. The Morgan fingerprint density at radius 2 is 1.36 bits per heavy atom. The average Bonchev–Trinajstić information content (AvgIpc) is 2.77. The molecule has 33 heavy (non-hydrogen) atoms. The fraction of sp³-hybridized carbons (Fsp3) is 0.759. The highest BCUT2D eigenvalue weighted by atomic mass is 16.4. The van der Waals surface area contributed by atoms with Gasteiger partial charge in [0.15, 0.2) is 0 Å². The number of hydrogen-bond acceptors (Lipinski definition) is 3. The maximum Gasteiger partial charge on any atom is 0.303 e. The first-order chi connectivity index (χ1) is 15.8. The third kappa shape index (κ3) is 20.9. The van der Waals surface area contributed by atoms with Crippen LogP contribution < -0.4 is 5.73 Å². The van der Waals surface area contributed by atoms with E-state index in [1.165, 1.54) is 76.2 Å². The Hall–Kier alpha value is -1.39. The van der Waals surface area contributed by atoms with Gasteiger partial charge >= 0.3 is 5.97 Å². The van der Waals surface area contributed by atoms with Crippen molar-refractivity contribution >= 4 is 5.97 Å². The van der Waals surface area contributed by atoms with Crippen molar-refractivity contribution < 1.29 is 15.0 Å². The predicted octanol–water partition coefficient (Wildman–Crippen LogP) is 7.52. The van der Waals surface area contributed by atoms with Gasteiger partial charge in [-0.05, 0) is 51.0 Å². The van der Waals surface area contributed by atoms with Crippen molar-refractivity contribution in [3.63, 3.8) is 0 Å². The first-order valence-electron chi connectivity index (χ1n) is 13.5. The molecule has 0 bridgehead atoms. The summed E-state index contributed by atoms with van der Waals surface area (Å²) >= 11 is 0. The molecule has 0 fully saturated rings. The van der Waals surface area contributed by atoms with E-state index in [-0.39, 0.29) is 18.6 Å². The molecule has 1 atom stereocenters. The van der Waals surface area contributed by atoms with E-state index in [1.54, 1.807) is 0 Å². The van der Waals surface area contributed by atoms with Gasteiger partial charge < -0.3 is 15.9 Å². The fourth-order valence-electron chi connectivity index (χ4n) is 4.08. The van der Waals surface area contributed by atoms with Crippen LogP contribution in [0.3, 0.4) is 0 Å².